The number of carbonyl (C=O) groups is 1. The lowest BCUT2D eigenvalue weighted by atomic mass is 9.77. The van der Waals surface area contributed by atoms with Gasteiger partial charge in [-0.05, 0) is 48.2 Å². The van der Waals surface area contributed by atoms with E-state index in [2.05, 4.69) is 0 Å². The molecule has 0 bridgehead atoms. The van der Waals surface area contributed by atoms with Crippen LogP contribution in [-0.4, -0.2) is 52.1 Å². The molecular formula is C24H26F6N2O2. The lowest BCUT2D eigenvalue weighted by Gasteiger charge is -2.30. The summed E-state index contributed by atoms with van der Waals surface area (Å²) in [6.07, 6.45) is -7.45. The molecule has 10 heteroatoms. The Labute approximate surface area is 194 Å². The van der Waals surface area contributed by atoms with Gasteiger partial charge in [0.15, 0.2) is 0 Å². The summed E-state index contributed by atoms with van der Waals surface area (Å²) in [7, 11) is 2.68. The molecule has 0 aliphatic carbocycles. The molecule has 4 nitrogen and oxygen atoms in total. The van der Waals surface area contributed by atoms with Crippen molar-refractivity contribution < 1.29 is 35.9 Å². The van der Waals surface area contributed by atoms with Crippen molar-refractivity contribution in [2.24, 2.45) is 5.92 Å². The summed E-state index contributed by atoms with van der Waals surface area (Å²) in [6, 6.07) is 13.0. The zero-order chi connectivity index (χ0) is 25.1. The Balaban J connectivity index is 1.90. The first-order chi connectivity index (χ1) is 15.8. The van der Waals surface area contributed by atoms with E-state index in [4.69, 9.17) is 4.74 Å². The van der Waals surface area contributed by atoms with Crippen LogP contribution in [0.2, 0.25) is 0 Å². The zero-order valence-corrected chi connectivity index (χ0v) is 18.8. The molecule has 1 atom stereocenters. The van der Waals surface area contributed by atoms with Gasteiger partial charge in [0, 0.05) is 31.4 Å². The van der Waals surface area contributed by atoms with Gasteiger partial charge in [0.05, 0.1) is 12.5 Å². The fraction of sp³-hybridized carbons (Fsp3) is 0.458. The molecule has 0 amide bonds. The van der Waals surface area contributed by atoms with E-state index in [1.54, 1.807) is 48.5 Å². The highest BCUT2D eigenvalue weighted by atomic mass is 19.4. The lowest BCUT2D eigenvalue weighted by molar-refractivity contribution is -0.153. The monoisotopic (exact) mass is 488 g/mol. The van der Waals surface area contributed by atoms with E-state index in [0.29, 0.717) is 42.0 Å². The molecule has 1 fully saturated rings. The number of halogens is 6. The second kappa shape index (κ2) is 10.1. The van der Waals surface area contributed by atoms with Gasteiger partial charge in [-0.2, -0.15) is 26.3 Å². The molecule has 0 saturated carbocycles. The minimum atomic E-state index is -4.34. The number of cyclic esters (lactones) is 1. The Bertz CT molecular complexity index is 892. The number of anilines is 2. The predicted octanol–water partition coefficient (Wildman–Crippen LogP) is 5.77. The molecule has 2 aromatic rings. The molecule has 1 saturated heterocycles. The molecule has 2 aromatic carbocycles. The fourth-order valence-corrected chi connectivity index (χ4v) is 4.25. The summed E-state index contributed by atoms with van der Waals surface area (Å²) in [4.78, 5) is 14.7. The Kier molecular flexibility index (Phi) is 7.67. The van der Waals surface area contributed by atoms with Crippen molar-refractivity contribution in [2.45, 2.75) is 31.1 Å². The molecule has 0 N–H and O–H groups in total. The van der Waals surface area contributed by atoms with Crippen molar-refractivity contribution in [1.29, 1.82) is 0 Å². The number of hydrogen-bond acceptors (Lipinski definition) is 4. The first-order valence-corrected chi connectivity index (χ1v) is 10.8. The van der Waals surface area contributed by atoms with E-state index in [1.807, 2.05) is 0 Å². The Hall–Kier alpha value is -2.91. The first kappa shape index (κ1) is 25.7. The van der Waals surface area contributed by atoms with Crippen molar-refractivity contribution >= 4 is 17.3 Å². The summed E-state index contributed by atoms with van der Waals surface area (Å²) in [5.41, 5.74) is 2.17. The maximum absolute atomic E-state index is 12.7. The second-order valence-corrected chi connectivity index (χ2v) is 8.52. The molecule has 1 aliphatic heterocycles. The van der Waals surface area contributed by atoms with Crippen LogP contribution < -0.4 is 9.80 Å². The third kappa shape index (κ3) is 6.80. The van der Waals surface area contributed by atoms with Gasteiger partial charge in [0.25, 0.3) is 0 Å². The highest BCUT2D eigenvalue weighted by Crippen LogP contribution is 2.38. The lowest BCUT2D eigenvalue weighted by Crippen LogP contribution is -2.31. The average molecular weight is 488 g/mol. The topological polar surface area (TPSA) is 32.8 Å². The van der Waals surface area contributed by atoms with Crippen molar-refractivity contribution in [3.63, 3.8) is 0 Å². The largest absolute Gasteiger partial charge is 0.465 e. The highest BCUT2D eigenvalue weighted by molar-refractivity contribution is 5.75. The van der Waals surface area contributed by atoms with Crippen molar-refractivity contribution in [3.8, 4) is 0 Å². The SMILES string of the molecule is CN(CC(F)(F)F)c1ccc(C(c2ccc(N(C)CC(F)(F)F)cc2)C2CCCOC2=O)cc1. The number of alkyl halides is 6. The van der Waals surface area contributed by atoms with Crippen molar-refractivity contribution in [3.05, 3.63) is 59.7 Å². The highest BCUT2D eigenvalue weighted by Gasteiger charge is 2.35. The molecule has 1 aliphatic rings. The van der Waals surface area contributed by atoms with Crippen LogP contribution in [0.5, 0.6) is 0 Å². The van der Waals surface area contributed by atoms with Gasteiger partial charge in [-0.25, -0.2) is 0 Å². The van der Waals surface area contributed by atoms with E-state index in [9.17, 15) is 31.1 Å². The van der Waals surface area contributed by atoms with Crippen LogP contribution in [0.1, 0.15) is 29.9 Å². The number of nitrogens with zero attached hydrogens (tertiary/aromatic N) is 2. The van der Waals surface area contributed by atoms with Crippen LogP contribution >= 0.6 is 0 Å². The number of ether oxygens (including phenoxy) is 1. The van der Waals surface area contributed by atoms with Gasteiger partial charge >= 0.3 is 18.3 Å². The van der Waals surface area contributed by atoms with E-state index in [0.717, 1.165) is 9.80 Å². The molecular weight excluding hydrogens is 462 g/mol. The number of hydrogen-bond donors (Lipinski definition) is 0. The zero-order valence-electron chi connectivity index (χ0n) is 18.8. The van der Waals surface area contributed by atoms with Crippen molar-refractivity contribution in [1.82, 2.24) is 0 Å². The summed E-state index contributed by atoms with van der Waals surface area (Å²) in [5, 5.41) is 0. The minimum absolute atomic E-state index is 0.324. The standard InChI is InChI=1S/C24H26F6N2O2/c1-31(14-23(25,26)27)18-9-5-16(6-10-18)21(20-4-3-13-34-22(20)33)17-7-11-19(12-8-17)32(2)15-24(28,29)30/h5-12,20-21H,3-4,13-15H2,1-2H3. The molecule has 1 heterocycles. The van der Waals surface area contributed by atoms with Gasteiger partial charge in [0.2, 0.25) is 0 Å². The number of benzene rings is 2. The molecule has 186 valence electrons. The predicted molar refractivity (Wildman–Crippen MR) is 117 cm³/mol. The summed E-state index contributed by atoms with van der Waals surface area (Å²) < 4.78 is 81.6. The smallest absolute Gasteiger partial charge is 0.405 e. The molecule has 1 unspecified atom stereocenters. The van der Waals surface area contributed by atoms with Crippen LogP contribution in [0.15, 0.2) is 48.5 Å². The van der Waals surface area contributed by atoms with Crippen LogP contribution in [0.3, 0.4) is 0 Å². The Morgan fingerprint density at radius 3 is 1.59 bits per heavy atom. The van der Waals surface area contributed by atoms with Crippen molar-refractivity contribution in [2.75, 3.05) is 43.6 Å². The molecule has 0 aromatic heterocycles. The van der Waals surface area contributed by atoms with Crippen LogP contribution in [0, 0.1) is 5.92 Å². The van der Waals surface area contributed by atoms with E-state index < -0.39 is 37.3 Å². The quantitative estimate of drug-likeness (QED) is 0.366. The van der Waals surface area contributed by atoms with Crippen LogP contribution in [0.25, 0.3) is 0 Å². The van der Waals surface area contributed by atoms with Gasteiger partial charge < -0.3 is 14.5 Å². The van der Waals surface area contributed by atoms with E-state index in [-0.39, 0.29) is 5.97 Å². The molecule has 0 radical (unpaired) electrons. The number of carbonyl (C=O) groups excluding carboxylic acids is 1. The third-order valence-corrected chi connectivity index (χ3v) is 5.83. The van der Waals surface area contributed by atoms with Crippen LogP contribution in [-0.2, 0) is 9.53 Å². The summed E-state index contributed by atoms with van der Waals surface area (Å²) in [6.45, 7) is -1.88. The van der Waals surface area contributed by atoms with Gasteiger partial charge in [0.1, 0.15) is 13.1 Å². The maximum Gasteiger partial charge on any atom is 0.405 e. The minimum Gasteiger partial charge on any atom is -0.465 e. The Morgan fingerprint density at radius 2 is 1.24 bits per heavy atom. The van der Waals surface area contributed by atoms with Crippen LogP contribution in [0.4, 0.5) is 37.7 Å². The average Bonchev–Trinajstić information content (AvgIpc) is 2.74. The van der Waals surface area contributed by atoms with Gasteiger partial charge in [-0.3, -0.25) is 4.79 Å². The normalized spacial score (nSPS) is 17.0. The molecule has 0 spiro atoms. The first-order valence-electron chi connectivity index (χ1n) is 10.8. The summed E-state index contributed by atoms with van der Waals surface area (Å²) >= 11 is 0. The summed E-state index contributed by atoms with van der Waals surface area (Å²) in [5.74, 6) is -1.32. The third-order valence-electron chi connectivity index (χ3n) is 5.83. The Morgan fingerprint density at radius 1 is 0.824 bits per heavy atom. The molecule has 3 rings (SSSR count). The van der Waals surface area contributed by atoms with Gasteiger partial charge in [-0.1, -0.05) is 24.3 Å². The fourth-order valence-electron chi connectivity index (χ4n) is 4.25. The second-order valence-electron chi connectivity index (χ2n) is 8.52. The van der Waals surface area contributed by atoms with E-state index in [1.165, 1.54) is 14.1 Å². The number of esters is 1. The number of rotatable bonds is 7. The molecule has 34 heavy (non-hydrogen) atoms. The maximum atomic E-state index is 12.7. The van der Waals surface area contributed by atoms with E-state index >= 15 is 0 Å². The van der Waals surface area contributed by atoms with Gasteiger partial charge in [-0.15, -0.1) is 0 Å².